The third-order valence-electron chi connectivity index (χ3n) is 5.65. The number of ether oxygens (including phenoxy) is 1. The van der Waals surface area contributed by atoms with Crippen LogP contribution >= 0.6 is 27.3 Å². The van der Waals surface area contributed by atoms with E-state index in [-0.39, 0.29) is 0 Å². The van der Waals surface area contributed by atoms with Gasteiger partial charge in [0, 0.05) is 38.2 Å². The summed E-state index contributed by atoms with van der Waals surface area (Å²) < 4.78 is 8.57. The van der Waals surface area contributed by atoms with E-state index < -0.39 is 0 Å². The van der Waals surface area contributed by atoms with Gasteiger partial charge in [0.2, 0.25) is 0 Å². The van der Waals surface area contributed by atoms with Gasteiger partial charge in [-0.25, -0.2) is 15.0 Å². The van der Waals surface area contributed by atoms with Crippen LogP contribution in [0.4, 0.5) is 5.82 Å². The van der Waals surface area contributed by atoms with Crippen molar-refractivity contribution in [3.05, 3.63) is 46.5 Å². The van der Waals surface area contributed by atoms with Crippen LogP contribution in [0.15, 0.2) is 46.5 Å². The van der Waals surface area contributed by atoms with Crippen LogP contribution in [0, 0.1) is 0 Å². The third kappa shape index (κ3) is 3.53. The number of rotatable bonds is 5. The molecule has 0 saturated heterocycles. The van der Waals surface area contributed by atoms with Crippen molar-refractivity contribution in [2.24, 2.45) is 7.05 Å². The normalized spacial score (nSPS) is 18.9. The highest BCUT2D eigenvalue weighted by atomic mass is 79.9. The van der Waals surface area contributed by atoms with Crippen molar-refractivity contribution in [3.8, 4) is 22.8 Å². The summed E-state index contributed by atoms with van der Waals surface area (Å²) in [6.45, 7) is 0. The molecule has 2 atom stereocenters. The number of nitrogens with zero attached hydrogens (tertiary/aromatic N) is 4. The Hall–Kier alpha value is -2.29. The second-order valence-electron chi connectivity index (χ2n) is 7.57. The zero-order chi connectivity index (χ0) is 20.7. The molecule has 1 saturated carbocycles. The van der Waals surface area contributed by atoms with Crippen molar-refractivity contribution < 1.29 is 4.74 Å². The Kier molecular flexibility index (Phi) is 5.30. The largest absolute Gasteiger partial charge is 0.381 e. The number of thiophene rings is 1. The standard InChI is InChI=1S/C22H22BrN5OS/c1-28-11-10-24-21(28)20-26-19(25-14-8-9-15(12-14)29-2)17-16(13-6-4-3-5-7-13)18(23)30-22(17)27-20/h3-7,10-11,14-15H,8-9,12H2,1-2H3,(H,25,26,27)/t14-,15+/m1/s1. The van der Waals surface area contributed by atoms with Crippen LogP contribution in [-0.2, 0) is 11.8 Å². The third-order valence-corrected chi connectivity index (χ3v) is 7.41. The van der Waals surface area contributed by atoms with Gasteiger partial charge in [-0.15, -0.1) is 11.3 Å². The molecule has 0 amide bonds. The van der Waals surface area contributed by atoms with Crippen LogP contribution in [0.5, 0.6) is 0 Å². The van der Waals surface area contributed by atoms with Crippen molar-refractivity contribution in [1.82, 2.24) is 19.5 Å². The van der Waals surface area contributed by atoms with E-state index in [1.54, 1.807) is 24.6 Å². The molecule has 0 spiro atoms. The van der Waals surface area contributed by atoms with Gasteiger partial charge in [-0.05, 0) is 40.8 Å². The molecule has 8 heteroatoms. The predicted octanol–water partition coefficient (Wildman–Crippen LogP) is 5.50. The number of nitrogens with one attached hydrogen (secondary N) is 1. The number of benzene rings is 1. The van der Waals surface area contributed by atoms with Crippen molar-refractivity contribution in [3.63, 3.8) is 0 Å². The summed E-state index contributed by atoms with van der Waals surface area (Å²) in [4.78, 5) is 15.2. The first-order valence-electron chi connectivity index (χ1n) is 9.96. The van der Waals surface area contributed by atoms with Crippen LogP contribution in [0.3, 0.4) is 0 Å². The summed E-state index contributed by atoms with van der Waals surface area (Å²) in [6, 6.07) is 10.7. The Labute approximate surface area is 187 Å². The Bertz CT molecular complexity index is 1190. The lowest BCUT2D eigenvalue weighted by atomic mass is 10.1. The first-order chi connectivity index (χ1) is 14.6. The van der Waals surface area contributed by atoms with Gasteiger partial charge in [0.15, 0.2) is 11.6 Å². The molecule has 30 heavy (non-hydrogen) atoms. The van der Waals surface area contributed by atoms with Crippen LogP contribution in [0.25, 0.3) is 33.0 Å². The summed E-state index contributed by atoms with van der Waals surface area (Å²) in [6.07, 6.45) is 7.09. The minimum atomic E-state index is 0.302. The second kappa shape index (κ2) is 8.09. The molecule has 0 bridgehead atoms. The molecule has 154 valence electrons. The number of hydrogen-bond acceptors (Lipinski definition) is 6. The smallest absolute Gasteiger partial charge is 0.199 e. The van der Waals surface area contributed by atoms with E-state index >= 15 is 0 Å². The van der Waals surface area contributed by atoms with Crippen molar-refractivity contribution in [1.29, 1.82) is 0 Å². The molecule has 1 N–H and O–H groups in total. The van der Waals surface area contributed by atoms with E-state index in [0.717, 1.165) is 56.0 Å². The van der Waals surface area contributed by atoms with Gasteiger partial charge >= 0.3 is 0 Å². The van der Waals surface area contributed by atoms with E-state index in [0.29, 0.717) is 18.0 Å². The molecule has 0 radical (unpaired) electrons. The first-order valence-corrected chi connectivity index (χ1v) is 11.6. The van der Waals surface area contributed by atoms with Gasteiger partial charge in [-0.1, -0.05) is 30.3 Å². The number of imidazole rings is 1. The maximum Gasteiger partial charge on any atom is 0.199 e. The molecule has 0 unspecified atom stereocenters. The highest BCUT2D eigenvalue weighted by molar-refractivity contribution is 9.11. The lowest BCUT2D eigenvalue weighted by Crippen LogP contribution is -2.18. The maximum atomic E-state index is 5.57. The molecule has 1 aromatic carbocycles. The summed E-state index contributed by atoms with van der Waals surface area (Å²) >= 11 is 5.42. The van der Waals surface area contributed by atoms with Crippen molar-refractivity contribution >= 4 is 43.3 Å². The fraction of sp³-hybridized carbons (Fsp3) is 0.318. The van der Waals surface area contributed by atoms with E-state index in [1.807, 2.05) is 23.9 Å². The zero-order valence-electron chi connectivity index (χ0n) is 16.8. The zero-order valence-corrected chi connectivity index (χ0v) is 19.2. The fourth-order valence-electron chi connectivity index (χ4n) is 4.10. The fourth-order valence-corrected chi connectivity index (χ4v) is 5.91. The van der Waals surface area contributed by atoms with Gasteiger partial charge in [0.05, 0.1) is 15.3 Å². The number of hydrogen-bond donors (Lipinski definition) is 1. The summed E-state index contributed by atoms with van der Waals surface area (Å²) in [5, 5.41) is 4.76. The molecule has 1 aliphatic rings. The Morgan fingerprint density at radius 1 is 1.20 bits per heavy atom. The molecule has 4 aromatic rings. The molecule has 5 rings (SSSR count). The van der Waals surface area contributed by atoms with Crippen molar-refractivity contribution in [2.45, 2.75) is 31.4 Å². The number of methoxy groups -OCH3 is 1. The Morgan fingerprint density at radius 3 is 2.73 bits per heavy atom. The molecule has 1 fully saturated rings. The van der Waals surface area contributed by atoms with Gasteiger partial charge < -0.3 is 14.6 Å². The molecule has 1 aliphatic carbocycles. The molecule has 0 aliphatic heterocycles. The Balaban J connectivity index is 1.68. The molecular weight excluding hydrogens is 462 g/mol. The predicted molar refractivity (Wildman–Crippen MR) is 125 cm³/mol. The number of aryl methyl sites for hydroxylation is 1. The minimum absolute atomic E-state index is 0.302. The summed E-state index contributed by atoms with van der Waals surface area (Å²) in [5.74, 6) is 2.25. The van der Waals surface area contributed by atoms with Crippen LogP contribution in [-0.4, -0.2) is 38.8 Å². The van der Waals surface area contributed by atoms with E-state index in [2.05, 4.69) is 50.5 Å². The molecule has 6 nitrogen and oxygen atoms in total. The van der Waals surface area contributed by atoms with Gasteiger partial charge in [-0.3, -0.25) is 0 Å². The number of aromatic nitrogens is 4. The lowest BCUT2D eigenvalue weighted by molar-refractivity contribution is 0.108. The first kappa shape index (κ1) is 19.7. The van der Waals surface area contributed by atoms with Crippen LogP contribution in [0.1, 0.15) is 19.3 Å². The van der Waals surface area contributed by atoms with E-state index in [1.165, 1.54) is 0 Å². The topological polar surface area (TPSA) is 64.9 Å². The van der Waals surface area contributed by atoms with Crippen LogP contribution in [0.2, 0.25) is 0 Å². The highest BCUT2D eigenvalue weighted by Crippen LogP contribution is 2.45. The SMILES string of the molecule is CO[C@H]1CC[C@@H](Nc2nc(-c3nccn3C)nc3sc(Br)c(-c4ccccc4)c23)C1. The van der Waals surface area contributed by atoms with Gasteiger partial charge in [0.25, 0.3) is 0 Å². The molecule has 3 aromatic heterocycles. The number of fused-ring (bicyclic) bond motifs is 1. The molecular formula is C22H22BrN5OS. The lowest BCUT2D eigenvalue weighted by Gasteiger charge is -2.16. The average Bonchev–Trinajstić information content (AvgIpc) is 3.46. The maximum absolute atomic E-state index is 5.57. The van der Waals surface area contributed by atoms with E-state index in [9.17, 15) is 0 Å². The van der Waals surface area contributed by atoms with Gasteiger partial charge in [-0.2, -0.15) is 0 Å². The minimum Gasteiger partial charge on any atom is -0.381 e. The van der Waals surface area contributed by atoms with Crippen molar-refractivity contribution in [2.75, 3.05) is 12.4 Å². The number of halogens is 1. The second-order valence-corrected chi connectivity index (χ2v) is 9.88. The number of anilines is 1. The Morgan fingerprint density at radius 2 is 2.03 bits per heavy atom. The van der Waals surface area contributed by atoms with E-state index in [4.69, 9.17) is 14.7 Å². The summed E-state index contributed by atoms with van der Waals surface area (Å²) in [7, 11) is 3.75. The van der Waals surface area contributed by atoms with Crippen LogP contribution < -0.4 is 5.32 Å². The highest BCUT2D eigenvalue weighted by Gasteiger charge is 2.27. The summed E-state index contributed by atoms with van der Waals surface area (Å²) in [5.41, 5.74) is 2.28. The molecule has 3 heterocycles. The average molecular weight is 484 g/mol. The van der Waals surface area contributed by atoms with Gasteiger partial charge in [0.1, 0.15) is 10.6 Å². The quantitative estimate of drug-likeness (QED) is 0.405. The monoisotopic (exact) mass is 483 g/mol.